The van der Waals surface area contributed by atoms with Crippen molar-refractivity contribution >= 4 is 11.9 Å². The number of carbonyl (C=O) groups excluding carboxylic acids is 1. The van der Waals surface area contributed by atoms with Gasteiger partial charge in [-0.05, 0) is 27.2 Å². The Morgan fingerprint density at radius 1 is 1.39 bits per heavy atom. The first kappa shape index (κ1) is 16.8. The number of nitrogens with zero attached hydrogens (tertiary/aromatic N) is 1. The number of hydrogen-bond donors (Lipinski definition) is 2. The van der Waals surface area contributed by atoms with Crippen molar-refractivity contribution in [2.24, 2.45) is 0 Å². The number of carboxylic acid groups (broad SMARTS) is 1. The van der Waals surface area contributed by atoms with Crippen molar-refractivity contribution in [2.75, 3.05) is 0 Å². The Labute approximate surface area is 133 Å². The molecule has 124 valence electrons. The van der Waals surface area contributed by atoms with Crippen molar-refractivity contribution < 1.29 is 23.6 Å². The van der Waals surface area contributed by atoms with Crippen LogP contribution in [0.3, 0.4) is 0 Å². The molecule has 2 aromatic rings. The SMILES string of the molecule is CCc1oc(C(=O)NC(C)Cc2c(C)noc2C)cc1C(=O)O. The van der Waals surface area contributed by atoms with Crippen molar-refractivity contribution in [1.82, 2.24) is 10.5 Å². The molecule has 0 aliphatic rings. The van der Waals surface area contributed by atoms with Gasteiger partial charge in [0.05, 0.1) is 5.69 Å². The molecule has 2 N–H and O–H groups in total. The number of carboxylic acids is 1. The molecule has 0 aromatic carbocycles. The van der Waals surface area contributed by atoms with Gasteiger partial charge in [-0.2, -0.15) is 0 Å². The molecule has 0 saturated heterocycles. The number of furan rings is 1. The van der Waals surface area contributed by atoms with Crippen LogP contribution < -0.4 is 5.32 Å². The molecule has 2 aromatic heterocycles. The average Bonchev–Trinajstić information content (AvgIpc) is 3.06. The molecule has 2 rings (SSSR count). The standard InChI is InChI=1S/C16H20N2O5/c1-5-13-12(16(20)21)7-14(22-13)15(19)17-8(2)6-11-9(3)18-23-10(11)4/h7-8H,5-6H2,1-4H3,(H,17,19)(H,20,21). The number of amides is 1. The van der Waals surface area contributed by atoms with E-state index in [9.17, 15) is 9.59 Å². The van der Waals surface area contributed by atoms with E-state index in [2.05, 4.69) is 10.5 Å². The molecule has 0 fully saturated rings. The molecule has 0 spiro atoms. The number of aromatic carboxylic acids is 1. The van der Waals surface area contributed by atoms with Gasteiger partial charge in [0.1, 0.15) is 17.1 Å². The normalized spacial score (nSPS) is 12.2. The summed E-state index contributed by atoms with van der Waals surface area (Å²) in [7, 11) is 0. The molecule has 0 radical (unpaired) electrons. The number of aryl methyl sites for hydroxylation is 3. The Kier molecular flexibility index (Phi) is 4.88. The van der Waals surface area contributed by atoms with Gasteiger partial charge in [0.15, 0.2) is 5.76 Å². The third kappa shape index (κ3) is 3.61. The Hall–Kier alpha value is -2.57. The highest BCUT2D eigenvalue weighted by molar-refractivity contribution is 5.96. The predicted molar refractivity (Wildman–Crippen MR) is 81.7 cm³/mol. The summed E-state index contributed by atoms with van der Waals surface area (Å²) >= 11 is 0. The summed E-state index contributed by atoms with van der Waals surface area (Å²) in [6.07, 6.45) is 0.976. The van der Waals surface area contributed by atoms with Crippen molar-refractivity contribution in [3.05, 3.63) is 40.2 Å². The molecule has 23 heavy (non-hydrogen) atoms. The molecule has 2 heterocycles. The molecule has 1 atom stereocenters. The average molecular weight is 320 g/mol. The van der Waals surface area contributed by atoms with Crippen molar-refractivity contribution in [2.45, 2.75) is 46.6 Å². The molecule has 0 aliphatic heterocycles. The highest BCUT2D eigenvalue weighted by atomic mass is 16.5. The summed E-state index contributed by atoms with van der Waals surface area (Å²) in [5, 5.41) is 15.8. The summed E-state index contributed by atoms with van der Waals surface area (Å²) in [6.45, 7) is 7.29. The first-order valence-electron chi connectivity index (χ1n) is 7.42. The minimum Gasteiger partial charge on any atom is -0.478 e. The van der Waals surface area contributed by atoms with Crippen LogP contribution in [0, 0.1) is 13.8 Å². The molecule has 7 nitrogen and oxygen atoms in total. The van der Waals surface area contributed by atoms with E-state index in [1.54, 1.807) is 6.92 Å². The lowest BCUT2D eigenvalue weighted by Gasteiger charge is -2.12. The minimum atomic E-state index is -1.10. The van der Waals surface area contributed by atoms with Crippen LogP contribution in [0.4, 0.5) is 0 Å². The van der Waals surface area contributed by atoms with Crippen LogP contribution in [0.5, 0.6) is 0 Å². The number of aromatic nitrogens is 1. The topological polar surface area (TPSA) is 106 Å². The molecule has 0 saturated carbocycles. The number of carbonyl (C=O) groups is 2. The number of nitrogens with one attached hydrogen (secondary N) is 1. The van der Waals surface area contributed by atoms with Crippen LogP contribution in [0.1, 0.15) is 57.5 Å². The largest absolute Gasteiger partial charge is 0.478 e. The Morgan fingerprint density at radius 2 is 2.09 bits per heavy atom. The van der Waals surface area contributed by atoms with Gasteiger partial charge < -0.3 is 19.4 Å². The highest BCUT2D eigenvalue weighted by Crippen LogP contribution is 2.18. The summed E-state index contributed by atoms with van der Waals surface area (Å²) in [4.78, 5) is 23.3. The zero-order valence-corrected chi connectivity index (χ0v) is 13.6. The summed E-state index contributed by atoms with van der Waals surface area (Å²) < 4.78 is 10.4. The first-order valence-corrected chi connectivity index (χ1v) is 7.42. The molecule has 1 unspecified atom stereocenters. The Morgan fingerprint density at radius 3 is 2.57 bits per heavy atom. The predicted octanol–water partition coefficient (Wildman–Crippen LogP) is 2.51. The van der Waals surface area contributed by atoms with E-state index >= 15 is 0 Å². The zero-order chi connectivity index (χ0) is 17.1. The van der Waals surface area contributed by atoms with Crippen LogP contribution in [0.2, 0.25) is 0 Å². The maximum atomic E-state index is 12.2. The van der Waals surface area contributed by atoms with E-state index < -0.39 is 11.9 Å². The molecular weight excluding hydrogens is 300 g/mol. The molecule has 7 heteroatoms. The number of rotatable bonds is 6. The summed E-state index contributed by atoms with van der Waals surface area (Å²) in [6, 6.07) is 1.09. The van der Waals surface area contributed by atoms with Gasteiger partial charge in [-0.15, -0.1) is 0 Å². The quantitative estimate of drug-likeness (QED) is 0.847. The Balaban J connectivity index is 2.08. The van der Waals surface area contributed by atoms with Crippen LogP contribution in [0.15, 0.2) is 15.0 Å². The van der Waals surface area contributed by atoms with Gasteiger partial charge in [0, 0.05) is 24.1 Å². The van der Waals surface area contributed by atoms with E-state index in [0.29, 0.717) is 18.6 Å². The lowest BCUT2D eigenvalue weighted by atomic mass is 10.1. The second-order valence-corrected chi connectivity index (χ2v) is 5.49. The van der Waals surface area contributed by atoms with Crippen LogP contribution in [0.25, 0.3) is 0 Å². The maximum Gasteiger partial charge on any atom is 0.339 e. The molecule has 0 aliphatic carbocycles. The second-order valence-electron chi connectivity index (χ2n) is 5.49. The molecular formula is C16H20N2O5. The Bertz CT molecular complexity index is 709. The van der Waals surface area contributed by atoms with E-state index in [0.717, 1.165) is 17.0 Å². The van der Waals surface area contributed by atoms with Crippen molar-refractivity contribution in [1.29, 1.82) is 0 Å². The van der Waals surface area contributed by atoms with Gasteiger partial charge in [-0.1, -0.05) is 12.1 Å². The smallest absolute Gasteiger partial charge is 0.339 e. The number of hydrogen-bond acceptors (Lipinski definition) is 5. The zero-order valence-electron chi connectivity index (χ0n) is 13.6. The van der Waals surface area contributed by atoms with Crippen molar-refractivity contribution in [3.8, 4) is 0 Å². The van der Waals surface area contributed by atoms with Gasteiger partial charge in [0.25, 0.3) is 5.91 Å². The van der Waals surface area contributed by atoms with Gasteiger partial charge in [-0.3, -0.25) is 4.79 Å². The highest BCUT2D eigenvalue weighted by Gasteiger charge is 2.22. The van der Waals surface area contributed by atoms with Crippen LogP contribution >= 0.6 is 0 Å². The van der Waals surface area contributed by atoms with E-state index in [1.807, 2.05) is 20.8 Å². The van der Waals surface area contributed by atoms with Gasteiger partial charge in [0.2, 0.25) is 0 Å². The lowest BCUT2D eigenvalue weighted by Crippen LogP contribution is -2.34. The maximum absolute atomic E-state index is 12.2. The van der Waals surface area contributed by atoms with E-state index in [4.69, 9.17) is 14.0 Å². The fourth-order valence-corrected chi connectivity index (χ4v) is 2.43. The third-order valence-corrected chi connectivity index (χ3v) is 3.65. The van der Waals surface area contributed by atoms with Gasteiger partial charge >= 0.3 is 5.97 Å². The fourth-order valence-electron chi connectivity index (χ4n) is 2.43. The summed E-state index contributed by atoms with van der Waals surface area (Å²) in [5.41, 5.74) is 1.77. The van der Waals surface area contributed by atoms with Crippen LogP contribution in [-0.4, -0.2) is 28.2 Å². The lowest BCUT2D eigenvalue weighted by molar-refractivity contribution is 0.0694. The van der Waals surface area contributed by atoms with Crippen LogP contribution in [-0.2, 0) is 12.8 Å². The second kappa shape index (κ2) is 6.68. The fraction of sp³-hybridized carbons (Fsp3) is 0.438. The minimum absolute atomic E-state index is 0.00450. The monoisotopic (exact) mass is 320 g/mol. The van der Waals surface area contributed by atoms with E-state index in [-0.39, 0.29) is 17.4 Å². The first-order chi connectivity index (χ1) is 10.8. The summed E-state index contributed by atoms with van der Waals surface area (Å²) in [5.74, 6) is -0.520. The van der Waals surface area contributed by atoms with E-state index in [1.165, 1.54) is 6.07 Å². The third-order valence-electron chi connectivity index (χ3n) is 3.65. The van der Waals surface area contributed by atoms with Crippen molar-refractivity contribution in [3.63, 3.8) is 0 Å². The molecule has 0 bridgehead atoms. The molecule has 1 amide bonds. The van der Waals surface area contributed by atoms with Gasteiger partial charge in [-0.25, -0.2) is 4.79 Å².